The normalized spacial score (nSPS) is 26.8. The number of allylic oxidation sites excluding steroid dienone is 3. The molecule has 6 atom stereocenters. The van der Waals surface area contributed by atoms with Crippen molar-refractivity contribution < 1.29 is 29.0 Å². The van der Waals surface area contributed by atoms with Crippen LogP contribution in [0.4, 0.5) is 11.5 Å². The summed E-state index contributed by atoms with van der Waals surface area (Å²) in [5.41, 5.74) is 3.16. The number of hydrogen-bond acceptors (Lipinski definition) is 8. The van der Waals surface area contributed by atoms with Crippen molar-refractivity contribution in [2.24, 2.45) is 42.1 Å². The molecule has 4 amide bonds. The van der Waals surface area contributed by atoms with Crippen molar-refractivity contribution in [1.29, 1.82) is 0 Å². The van der Waals surface area contributed by atoms with E-state index in [1.807, 2.05) is 38.1 Å². The number of amides is 4. The van der Waals surface area contributed by atoms with Gasteiger partial charge in [-0.05, 0) is 110 Å². The Morgan fingerprint density at radius 2 is 1.68 bits per heavy atom. The Bertz CT molecular complexity index is 2660. The average Bonchev–Trinajstić information content (AvgIpc) is 3.85. The first-order valence-corrected chi connectivity index (χ1v) is 20.0. The molecular weight excluding hydrogens is 771 g/mol. The number of carbonyl (C=O) groups is 4. The van der Waals surface area contributed by atoms with Gasteiger partial charge < -0.3 is 9.84 Å². The van der Waals surface area contributed by atoms with E-state index in [2.05, 4.69) is 0 Å². The predicted molar refractivity (Wildman–Crippen MR) is 214 cm³/mol. The molecule has 0 radical (unpaired) electrons. The van der Waals surface area contributed by atoms with Gasteiger partial charge in [0, 0.05) is 45.8 Å². The van der Waals surface area contributed by atoms with E-state index in [0.717, 1.165) is 37.2 Å². The number of fused-ring (bicyclic) bond motifs is 6. The van der Waals surface area contributed by atoms with Crippen LogP contribution in [0.25, 0.3) is 20.7 Å². The molecule has 2 saturated heterocycles. The van der Waals surface area contributed by atoms with Gasteiger partial charge in [0.1, 0.15) is 23.0 Å². The first-order chi connectivity index (χ1) is 26.8. The van der Waals surface area contributed by atoms with Crippen molar-refractivity contribution in [3.8, 4) is 22.1 Å². The second-order valence-corrected chi connectivity index (χ2v) is 17.6. The van der Waals surface area contributed by atoms with Crippen LogP contribution in [0.1, 0.15) is 30.9 Å². The van der Waals surface area contributed by atoms with Crippen LogP contribution < -0.4 is 14.5 Å². The Kier molecular flexibility index (Phi) is 7.78. The van der Waals surface area contributed by atoms with Gasteiger partial charge in [0.25, 0.3) is 0 Å². The number of benzene rings is 3. The summed E-state index contributed by atoms with van der Waals surface area (Å²) in [6, 6.07) is 19.1. The van der Waals surface area contributed by atoms with Crippen molar-refractivity contribution in [2.75, 3.05) is 9.80 Å². The molecule has 56 heavy (non-hydrogen) atoms. The molecule has 13 heteroatoms. The van der Waals surface area contributed by atoms with Crippen molar-refractivity contribution in [2.45, 2.75) is 33.1 Å². The first kappa shape index (κ1) is 35.2. The summed E-state index contributed by atoms with van der Waals surface area (Å²) >= 11 is 14.1. The smallest absolute Gasteiger partial charge is 0.242 e. The second-order valence-electron chi connectivity index (χ2n) is 15.6. The van der Waals surface area contributed by atoms with E-state index in [0.29, 0.717) is 45.8 Å². The Labute approximate surface area is 335 Å². The Balaban J connectivity index is 1.08. The number of rotatable bonds is 4. The lowest BCUT2D eigenvalue weighted by Crippen LogP contribution is -2.51. The fourth-order valence-electron chi connectivity index (χ4n) is 10.1. The minimum Gasteiger partial charge on any atom is -0.508 e. The van der Waals surface area contributed by atoms with Crippen LogP contribution in [-0.4, -0.2) is 38.5 Å². The summed E-state index contributed by atoms with van der Waals surface area (Å²) in [7, 11) is 1.72. The molecule has 0 spiro atoms. The molecule has 5 heterocycles. The number of aromatic hydroxyl groups is 1. The third-order valence-corrected chi connectivity index (χ3v) is 14.5. The number of carbonyl (C=O) groups excluding carboxylic acids is 4. The van der Waals surface area contributed by atoms with Gasteiger partial charge in [-0.25, -0.2) is 4.90 Å². The maximum absolute atomic E-state index is 15.2. The molecule has 10 rings (SSSR count). The summed E-state index contributed by atoms with van der Waals surface area (Å²) in [5, 5.41) is 17.3. The maximum atomic E-state index is 15.2. The average molecular weight is 806 g/mol. The zero-order valence-electron chi connectivity index (χ0n) is 30.5. The van der Waals surface area contributed by atoms with Crippen molar-refractivity contribution in [3.63, 3.8) is 0 Å². The van der Waals surface area contributed by atoms with Crippen LogP contribution in [-0.2, 0) is 32.6 Å². The Morgan fingerprint density at radius 3 is 2.46 bits per heavy atom. The summed E-state index contributed by atoms with van der Waals surface area (Å²) in [5.74, 6) is -3.65. The van der Waals surface area contributed by atoms with Crippen molar-refractivity contribution in [3.05, 3.63) is 111 Å². The third-order valence-electron chi connectivity index (χ3n) is 12.7. The highest BCUT2D eigenvalue weighted by molar-refractivity contribution is 7.22. The van der Waals surface area contributed by atoms with E-state index in [-0.39, 0.29) is 35.8 Å². The molecule has 282 valence electrons. The molecule has 3 aliphatic heterocycles. The van der Waals surface area contributed by atoms with Crippen LogP contribution >= 0.6 is 34.5 Å². The van der Waals surface area contributed by atoms with Gasteiger partial charge in [-0.1, -0.05) is 34.9 Å². The Hall–Kier alpha value is -5.23. The summed E-state index contributed by atoms with van der Waals surface area (Å²) in [6.07, 6.45) is 4.55. The SMILES string of the molecule is Cc1c(-c2cc(N3C(=O)[C@@H]4C[C@@H]5C(=CC[C@@H]6C(=O)N(c7ccc(Cl)cc7)C(=O)[C@@H]65)[C@H](C5=COc6ccc(O)cc6C5)[C@]4(C)C3=O)n(C)n2)sc2ccc(Cl)cc12. The monoisotopic (exact) mass is 804 g/mol. The molecule has 0 bridgehead atoms. The van der Waals surface area contributed by atoms with E-state index >= 15 is 4.79 Å². The maximum Gasteiger partial charge on any atom is 0.242 e. The van der Waals surface area contributed by atoms with Gasteiger partial charge in [-0.3, -0.25) is 28.8 Å². The van der Waals surface area contributed by atoms with E-state index in [1.165, 1.54) is 9.80 Å². The largest absolute Gasteiger partial charge is 0.508 e. The molecule has 3 aromatic carbocycles. The summed E-state index contributed by atoms with van der Waals surface area (Å²) in [6.45, 7) is 3.86. The molecule has 2 aromatic heterocycles. The number of imide groups is 2. The third kappa shape index (κ3) is 4.90. The molecule has 3 fully saturated rings. The number of hydrogen-bond donors (Lipinski definition) is 1. The van der Waals surface area contributed by atoms with E-state index in [1.54, 1.807) is 77.9 Å². The fourth-order valence-corrected chi connectivity index (χ4v) is 11.6. The minimum atomic E-state index is -1.27. The van der Waals surface area contributed by atoms with Crippen LogP contribution in [0.3, 0.4) is 0 Å². The second kappa shape index (κ2) is 12.4. The fraction of sp³-hybridized carbons (Fsp3) is 0.279. The lowest BCUT2D eigenvalue weighted by Gasteiger charge is -2.49. The molecule has 0 unspecified atom stereocenters. The predicted octanol–water partition coefficient (Wildman–Crippen LogP) is 8.41. The van der Waals surface area contributed by atoms with Gasteiger partial charge >= 0.3 is 0 Å². The number of aromatic nitrogens is 2. The van der Waals surface area contributed by atoms with Crippen LogP contribution in [0.15, 0.2) is 90.2 Å². The zero-order valence-corrected chi connectivity index (χ0v) is 32.8. The van der Waals surface area contributed by atoms with E-state index < -0.39 is 35.0 Å². The topological polar surface area (TPSA) is 122 Å². The molecule has 1 saturated carbocycles. The number of anilines is 2. The number of aryl methyl sites for hydroxylation is 2. The molecule has 5 aliphatic rings. The van der Waals surface area contributed by atoms with Gasteiger partial charge in [0.05, 0.1) is 40.0 Å². The van der Waals surface area contributed by atoms with Crippen molar-refractivity contribution in [1.82, 2.24) is 9.78 Å². The van der Waals surface area contributed by atoms with Gasteiger partial charge in [-0.2, -0.15) is 5.10 Å². The van der Waals surface area contributed by atoms with Crippen molar-refractivity contribution >= 4 is 79.8 Å². The standard InChI is InChI=1S/C43H34Cl2N4O6S/c1-20-29-16-24(45)6-13-34(29)56-38(20)32-18-35(47(3)46-32)49-40(52)31-17-30-27(10-11-28-36(30)41(53)48(39(28)51)25-7-4-23(44)5-8-25)37(43(31,2)42(49)54)22-14-21-15-26(50)9-12-33(21)55-19-22/h4-10,12-13,15-16,18-19,28,30-31,36-37,50H,11,14,17H2,1-3H3/t28-,30+,31-,36-,37-,43+/m0/s1. The van der Waals surface area contributed by atoms with Crippen LogP contribution in [0, 0.1) is 41.9 Å². The number of nitrogens with zero attached hydrogens (tertiary/aromatic N) is 4. The first-order valence-electron chi connectivity index (χ1n) is 18.5. The molecular formula is C43H34Cl2N4O6S. The van der Waals surface area contributed by atoms with Crippen LogP contribution in [0.5, 0.6) is 11.5 Å². The number of ether oxygens (including phenoxy) is 1. The quantitative estimate of drug-likeness (QED) is 0.143. The van der Waals surface area contributed by atoms with Gasteiger partial charge in [-0.15, -0.1) is 11.3 Å². The van der Waals surface area contributed by atoms with E-state index in [9.17, 15) is 19.5 Å². The lowest BCUT2D eigenvalue weighted by atomic mass is 9.51. The van der Waals surface area contributed by atoms with Crippen LogP contribution in [0.2, 0.25) is 10.0 Å². The minimum absolute atomic E-state index is 0.0820. The molecule has 5 aromatic rings. The zero-order chi connectivity index (χ0) is 38.9. The lowest BCUT2D eigenvalue weighted by molar-refractivity contribution is -0.132. The number of phenolic OH excluding ortho intramolecular Hbond substituents is 1. The Morgan fingerprint density at radius 1 is 0.911 bits per heavy atom. The summed E-state index contributed by atoms with van der Waals surface area (Å²) < 4.78 is 8.77. The summed E-state index contributed by atoms with van der Waals surface area (Å²) in [4.78, 5) is 62.1. The molecule has 2 aliphatic carbocycles. The van der Waals surface area contributed by atoms with Gasteiger partial charge in [0.15, 0.2) is 0 Å². The highest BCUT2D eigenvalue weighted by Crippen LogP contribution is 2.63. The number of halogens is 2. The number of thiophene rings is 1. The van der Waals surface area contributed by atoms with Gasteiger partial charge in [0.2, 0.25) is 23.6 Å². The highest BCUT2D eigenvalue weighted by Gasteiger charge is 2.68. The molecule has 1 N–H and O–H groups in total. The van der Waals surface area contributed by atoms with E-state index in [4.69, 9.17) is 33.0 Å². The highest BCUT2D eigenvalue weighted by atomic mass is 35.5. The number of phenols is 1. The molecule has 10 nitrogen and oxygen atoms in total.